The van der Waals surface area contributed by atoms with E-state index >= 15 is 0 Å². The van der Waals surface area contributed by atoms with Crippen molar-refractivity contribution in [2.45, 2.75) is 44.7 Å². The summed E-state index contributed by atoms with van der Waals surface area (Å²) in [5.74, 6) is 0.0941. The predicted octanol–water partition coefficient (Wildman–Crippen LogP) is 1.80. The van der Waals surface area contributed by atoms with Crippen molar-refractivity contribution in [1.29, 1.82) is 0 Å². The second kappa shape index (κ2) is 6.81. The van der Waals surface area contributed by atoms with Crippen LogP contribution < -0.4 is 16.0 Å². The number of piperidine rings is 1. The maximum atomic E-state index is 12.6. The summed E-state index contributed by atoms with van der Waals surface area (Å²) < 4.78 is 0. The quantitative estimate of drug-likeness (QED) is 0.787. The van der Waals surface area contributed by atoms with Crippen molar-refractivity contribution in [2.24, 2.45) is 0 Å². The number of carbonyl (C=O) groups excluding carboxylic acids is 2. The third-order valence-electron chi connectivity index (χ3n) is 5.08. The Kier molecular flexibility index (Phi) is 4.76. The number of likely N-dealkylation sites (tertiary alicyclic amines) is 1. The Labute approximate surface area is 143 Å². The monoisotopic (exact) mass is 330 g/mol. The molecule has 2 amide bonds. The molecule has 1 atom stereocenters. The molecule has 1 aromatic rings. The summed E-state index contributed by atoms with van der Waals surface area (Å²) in [7, 11) is 0. The van der Waals surface area contributed by atoms with Crippen LogP contribution in [-0.4, -0.2) is 47.9 Å². The minimum absolute atomic E-state index is 0.0323. The van der Waals surface area contributed by atoms with E-state index in [-0.39, 0.29) is 17.9 Å². The number of para-hydroxylation sites is 2. The summed E-state index contributed by atoms with van der Waals surface area (Å²) in [6, 6.07) is 7.98. The molecule has 0 aliphatic carbocycles. The van der Waals surface area contributed by atoms with Gasteiger partial charge in [0.1, 0.15) is 5.54 Å². The van der Waals surface area contributed by atoms with E-state index in [9.17, 15) is 9.59 Å². The minimum Gasteiger partial charge on any atom is -0.369 e. The first-order valence-electron chi connectivity index (χ1n) is 8.73. The van der Waals surface area contributed by atoms with E-state index in [0.29, 0.717) is 19.4 Å². The summed E-state index contributed by atoms with van der Waals surface area (Å²) in [6.45, 7) is 5.93. The van der Waals surface area contributed by atoms with Crippen LogP contribution in [0.25, 0.3) is 0 Å². The first-order chi connectivity index (χ1) is 11.5. The third kappa shape index (κ3) is 3.38. The molecule has 0 bridgehead atoms. The summed E-state index contributed by atoms with van der Waals surface area (Å²) in [4.78, 5) is 26.7. The Balaban J connectivity index is 1.59. The zero-order chi connectivity index (χ0) is 17.2. The summed E-state index contributed by atoms with van der Waals surface area (Å²) in [6.07, 6.45) is 2.33. The van der Waals surface area contributed by atoms with E-state index < -0.39 is 5.54 Å². The van der Waals surface area contributed by atoms with Gasteiger partial charge in [-0.25, -0.2) is 0 Å². The molecule has 2 heterocycles. The van der Waals surface area contributed by atoms with Crippen LogP contribution in [-0.2, 0) is 9.59 Å². The number of benzene rings is 1. The van der Waals surface area contributed by atoms with E-state index in [4.69, 9.17) is 0 Å². The number of fused-ring (bicyclic) bond motifs is 1. The van der Waals surface area contributed by atoms with Crippen molar-refractivity contribution >= 4 is 23.2 Å². The molecule has 0 saturated carbocycles. The first-order valence-corrected chi connectivity index (χ1v) is 8.73. The van der Waals surface area contributed by atoms with Crippen molar-refractivity contribution in [1.82, 2.24) is 10.2 Å². The van der Waals surface area contributed by atoms with Crippen molar-refractivity contribution in [3.63, 3.8) is 0 Å². The summed E-state index contributed by atoms with van der Waals surface area (Å²) in [5.41, 5.74) is 1.25. The van der Waals surface area contributed by atoms with Gasteiger partial charge in [0, 0.05) is 19.1 Å². The lowest BCUT2D eigenvalue weighted by atomic mass is 9.84. The minimum atomic E-state index is -0.558. The van der Waals surface area contributed by atoms with Gasteiger partial charge in [0.2, 0.25) is 11.8 Å². The largest absolute Gasteiger partial charge is 0.369 e. The van der Waals surface area contributed by atoms with E-state index in [1.807, 2.05) is 31.2 Å². The Morgan fingerprint density at radius 3 is 2.62 bits per heavy atom. The molecule has 130 valence electrons. The third-order valence-corrected chi connectivity index (χ3v) is 5.08. The number of carbonyl (C=O) groups is 2. The average molecular weight is 330 g/mol. The SMILES string of the molecule is CC[C@H](C)NC(=O)CN1CCC2(CC1)Nc1ccccc1NC2=O. The van der Waals surface area contributed by atoms with Crippen LogP contribution in [0.3, 0.4) is 0 Å². The van der Waals surface area contributed by atoms with Crippen molar-refractivity contribution in [3.8, 4) is 0 Å². The molecule has 1 aromatic carbocycles. The molecule has 2 aliphatic rings. The lowest BCUT2D eigenvalue weighted by Crippen LogP contribution is -2.59. The number of nitrogens with one attached hydrogen (secondary N) is 3. The molecular formula is C18H26N4O2. The number of hydrogen-bond acceptors (Lipinski definition) is 4. The molecule has 3 N–H and O–H groups in total. The molecule has 2 aliphatic heterocycles. The molecule has 3 rings (SSSR count). The van der Waals surface area contributed by atoms with Gasteiger partial charge in [-0.1, -0.05) is 19.1 Å². The van der Waals surface area contributed by atoms with Gasteiger partial charge in [0.15, 0.2) is 0 Å². The summed E-state index contributed by atoms with van der Waals surface area (Å²) >= 11 is 0. The van der Waals surface area contributed by atoms with Crippen LogP contribution in [0.1, 0.15) is 33.1 Å². The van der Waals surface area contributed by atoms with Crippen LogP contribution in [0, 0.1) is 0 Å². The fourth-order valence-electron chi connectivity index (χ4n) is 3.33. The molecule has 24 heavy (non-hydrogen) atoms. The second-order valence-corrected chi connectivity index (χ2v) is 6.86. The average Bonchev–Trinajstić information content (AvgIpc) is 2.58. The van der Waals surface area contributed by atoms with E-state index in [2.05, 4.69) is 27.8 Å². The van der Waals surface area contributed by atoms with Gasteiger partial charge in [0.05, 0.1) is 17.9 Å². The van der Waals surface area contributed by atoms with Gasteiger partial charge in [0.25, 0.3) is 0 Å². The maximum Gasteiger partial charge on any atom is 0.250 e. The molecule has 0 unspecified atom stereocenters. The molecule has 1 saturated heterocycles. The molecule has 1 spiro atoms. The van der Waals surface area contributed by atoms with Crippen LogP contribution in [0.5, 0.6) is 0 Å². The second-order valence-electron chi connectivity index (χ2n) is 6.86. The summed E-state index contributed by atoms with van der Waals surface area (Å²) in [5, 5.41) is 9.44. The highest BCUT2D eigenvalue weighted by atomic mass is 16.2. The maximum absolute atomic E-state index is 12.6. The van der Waals surface area contributed by atoms with Crippen LogP contribution in [0.4, 0.5) is 11.4 Å². The number of nitrogens with zero attached hydrogens (tertiary/aromatic N) is 1. The van der Waals surface area contributed by atoms with Gasteiger partial charge in [-0.05, 0) is 38.3 Å². The number of anilines is 2. The Hall–Kier alpha value is -2.08. The first kappa shape index (κ1) is 16.8. The normalized spacial score (nSPS) is 20.7. The highest BCUT2D eigenvalue weighted by Crippen LogP contribution is 2.36. The van der Waals surface area contributed by atoms with E-state index in [1.54, 1.807) is 0 Å². The van der Waals surface area contributed by atoms with Gasteiger partial charge in [-0.2, -0.15) is 0 Å². The van der Waals surface area contributed by atoms with Crippen molar-refractivity contribution < 1.29 is 9.59 Å². The fraction of sp³-hybridized carbons (Fsp3) is 0.556. The van der Waals surface area contributed by atoms with Crippen LogP contribution >= 0.6 is 0 Å². The number of amides is 2. The topological polar surface area (TPSA) is 73.5 Å². The lowest BCUT2D eigenvalue weighted by Gasteiger charge is -2.44. The van der Waals surface area contributed by atoms with Crippen molar-refractivity contribution in [3.05, 3.63) is 24.3 Å². The molecular weight excluding hydrogens is 304 g/mol. The lowest BCUT2D eigenvalue weighted by molar-refractivity contribution is -0.124. The van der Waals surface area contributed by atoms with Crippen molar-refractivity contribution in [2.75, 3.05) is 30.3 Å². The fourth-order valence-corrected chi connectivity index (χ4v) is 3.33. The highest BCUT2D eigenvalue weighted by Gasteiger charge is 2.44. The smallest absolute Gasteiger partial charge is 0.250 e. The number of rotatable bonds is 4. The van der Waals surface area contributed by atoms with Gasteiger partial charge >= 0.3 is 0 Å². The van der Waals surface area contributed by atoms with Gasteiger partial charge < -0.3 is 16.0 Å². The van der Waals surface area contributed by atoms with Gasteiger partial charge in [-0.3, -0.25) is 14.5 Å². The zero-order valence-corrected chi connectivity index (χ0v) is 14.4. The molecule has 6 heteroatoms. The predicted molar refractivity (Wildman–Crippen MR) is 95.0 cm³/mol. The molecule has 0 aromatic heterocycles. The van der Waals surface area contributed by atoms with Crippen LogP contribution in [0.2, 0.25) is 0 Å². The highest BCUT2D eigenvalue weighted by molar-refractivity contribution is 6.06. The zero-order valence-electron chi connectivity index (χ0n) is 14.4. The van der Waals surface area contributed by atoms with E-state index in [1.165, 1.54) is 0 Å². The Morgan fingerprint density at radius 1 is 1.29 bits per heavy atom. The molecule has 0 radical (unpaired) electrons. The number of hydrogen-bond donors (Lipinski definition) is 3. The Morgan fingerprint density at radius 2 is 1.96 bits per heavy atom. The van der Waals surface area contributed by atoms with Gasteiger partial charge in [-0.15, -0.1) is 0 Å². The Bertz CT molecular complexity index is 623. The molecule has 1 fully saturated rings. The standard InChI is InChI=1S/C18H26N4O2/c1-3-13(2)19-16(23)12-22-10-8-18(9-11-22)17(24)20-14-6-4-5-7-15(14)21-18/h4-7,13,21H,3,8-12H2,1-2H3,(H,19,23)(H,20,24)/t13-/m0/s1. The molecule has 6 nitrogen and oxygen atoms in total. The van der Waals surface area contributed by atoms with Crippen LogP contribution in [0.15, 0.2) is 24.3 Å². The van der Waals surface area contributed by atoms with E-state index in [0.717, 1.165) is 30.9 Å².